The van der Waals surface area contributed by atoms with Gasteiger partial charge in [-0.2, -0.15) is 0 Å². The molecule has 1 aromatic heterocycles. The van der Waals surface area contributed by atoms with Gasteiger partial charge in [0.25, 0.3) is 0 Å². The molecule has 2 amide bonds. The predicted molar refractivity (Wildman–Crippen MR) is 124 cm³/mol. The normalized spacial score (nSPS) is 15.9. The lowest BCUT2D eigenvalue weighted by atomic mass is 9.93. The van der Waals surface area contributed by atoms with Crippen LogP contribution in [0.25, 0.3) is 0 Å². The molecule has 0 spiro atoms. The second-order valence-electron chi connectivity index (χ2n) is 8.39. The van der Waals surface area contributed by atoms with Crippen molar-refractivity contribution in [3.8, 4) is 5.75 Å². The van der Waals surface area contributed by atoms with Crippen molar-refractivity contribution in [2.75, 3.05) is 39.6 Å². The zero-order valence-electron chi connectivity index (χ0n) is 19.6. The number of ether oxygens (including phenoxy) is 1. The summed E-state index contributed by atoms with van der Waals surface area (Å²) >= 11 is 0. The fourth-order valence-corrected chi connectivity index (χ4v) is 4.01. The Morgan fingerprint density at radius 1 is 1.28 bits per heavy atom. The molecule has 8 nitrogen and oxygen atoms in total. The van der Waals surface area contributed by atoms with Gasteiger partial charge in [-0.3, -0.25) is 9.59 Å². The number of methoxy groups -OCH3 is 1. The number of piperidine rings is 1. The van der Waals surface area contributed by atoms with Crippen LogP contribution in [0, 0.1) is 6.92 Å². The number of benzene rings is 1. The van der Waals surface area contributed by atoms with E-state index >= 15 is 0 Å². The summed E-state index contributed by atoms with van der Waals surface area (Å²) < 4.78 is 5.44. The van der Waals surface area contributed by atoms with Crippen molar-refractivity contribution < 1.29 is 14.3 Å². The molecule has 1 aromatic carbocycles. The van der Waals surface area contributed by atoms with E-state index in [1.165, 1.54) is 6.92 Å². The van der Waals surface area contributed by atoms with Gasteiger partial charge in [0.1, 0.15) is 17.4 Å². The highest BCUT2D eigenvalue weighted by atomic mass is 16.5. The van der Waals surface area contributed by atoms with E-state index in [0.717, 1.165) is 47.8 Å². The molecular weight excluding hydrogens is 406 g/mol. The lowest BCUT2D eigenvalue weighted by Crippen LogP contribution is -2.40. The molecule has 1 aliphatic heterocycles. The zero-order valence-corrected chi connectivity index (χ0v) is 19.6. The van der Waals surface area contributed by atoms with Crippen molar-refractivity contribution >= 4 is 17.6 Å². The first-order valence-corrected chi connectivity index (χ1v) is 11.0. The van der Waals surface area contributed by atoms with Gasteiger partial charge < -0.3 is 19.9 Å². The highest BCUT2D eigenvalue weighted by molar-refractivity contribution is 5.79. The van der Waals surface area contributed by atoms with Crippen molar-refractivity contribution in [2.45, 2.75) is 45.6 Å². The molecule has 0 saturated carbocycles. The highest BCUT2D eigenvalue weighted by Crippen LogP contribution is 2.28. The monoisotopic (exact) mass is 439 g/mol. The van der Waals surface area contributed by atoms with Crippen LogP contribution < -0.4 is 10.1 Å². The topological polar surface area (TPSA) is 87.7 Å². The Kier molecular flexibility index (Phi) is 7.66. The third-order valence-electron chi connectivity index (χ3n) is 5.93. The van der Waals surface area contributed by atoms with Crippen LogP contribution in [0.1, 0.15) is 48.3 Å². The van der Waals surface area contributed by atoms with E-state index in [0.29, 0.717) is 25.3 Å². The number of aromatic nitrogens is 2. The van der Waals surface area contributed by atoms with Gasteiger partial charge in [-0.05, 0) is 25.8 Å². The maximum absolute atomic E-state index is 13.1. The largest absolute Gasteiger partial charge is 0.496 e. The molecule has 2 heterocycles. The molecule has 32 heavy (non-hydrogen) atoms. The first-order chi connectivity index (χ1) is 15.3. The van der Waals surface area contributed by atoms with Crippen molar-refractivity contribution in [3.63, 3.8) is 0 Å². The average molecular weight is 440 g/mol. The first-order valence-electron chi connectivity index (χ1n) is 11.0. The molecule has 0 radical (unpaired) electrons. The number of carbonyl (C=O) groups is 2. The number of carbonyl (C=O) groups excluding carboxylic acids is 2. The van der Waals surface area contributed by atoms with Gasteiger partial charge in [-0.25, -0.2) is 9.97 Å². The number of anilines is 1. The molecule has 172 valence electrons. The first kappa shape index (κ1) is 23.5. The average Bonchev–Trinajstić information content (AvgIpc) is 2.79. The number of rotatable bonds is 7. The van der Waals surface area contributed by atoms with Gasteiger partial charge in [0.15, 0.2) is 0 Å². The summed E-state index contributed by atoms with van der Waals surface area (Å²) in [5.74, 6) is 2.24. The predicted octanol–water partition coefficient (Wildman–Crippen LogP) is 2.76. The minimum atomic E-state index is -0.0361. The third kappa shape index (κ3) is 5.75. The molecule has 0 aliphatic carbocycles. The lowest BCUT2D eigenvalue weighted by Gasteiger charge is -2.33. The Morgan fingerprint density at radius 2 is 2.06 bits per heavy atom. The van der Waals surface area contributed by atoms with Crippen molar-refractivity contribution in [1.82, 2.24) is 19.8 Å². The summed E-state index contributed by atoms with van der Waals surface area (Å²) in [7, 11) is 5.18. The maximum atomic E-state index is 13.1. The number of nitrogens with zero attached hydrogens (tertiary/aromatic N) is 4. The molecule has 3 rings (SSSR count). The van der Waals surface area contributed by atoms with Crippen LogP contribution in [0.4, 0.5) is 5.82 Å². The summed E-state index contributed by atoms with van der Waals surface area (Å²) in [4.78, 5) is 37.5. The van der Waals surface area contributed by atoms with Gasteiger partial charge in [0.05, 0.1) is 25.8 Å². The van der Waals surface area contributed by atoms with Crippen molar-refractivity contribution in [3.05, 3.63) is 46.9 Å². The van der Waals surface area contributed by atoms with E-state index in [1.807, 2.05) is 43.1 Å². The van der Waals surface area contributed by atoms with E-state index in [2.05, 4.69) is 10.3 Å². The van der Waals surface area contributed by atoms with Crippen molar-refractivity contribution in [1.29, 1.82) is 0 Å². The highest BCUT2D eigenvalue weighted by Gasteiger charge is 2.27. The van der Waals surface area contributed by atoms with Crippen LogP contribution in [-0.2, 0) is 22.6 Å². The number of aryl methyl sites for hydroxylation is 1. The lowest BCUT2D eigenvalue weighted by molar-refractivity contribution is -0.131. The van der Waals surface area contributed by atoms with Gasteiger partial charge >= 0.3 is 0 Å². The molecule has 1 atom stereocenters. The quantitative estimate of drug-likeness (QED) is 0.714. The Hall–Kier alpha value is -3.16. The molecule has 2 aromatic rings. The summed E-state index contributed by atoms with van der Waals surface area (Å²) in [5.41, 5.74) is 2.92. The molecule has 0 bridgehead atoms. The van der Waals surface area contributed by atoms with Gasteiger partial charge in [-0.15, -0.1) is 0 Å². The minimum absolute atomic E-state index is 0.0361. The molecule has 8 heteroatoms. The number of nitrogens with one attached hydrogen (secondary N) is 1. The molecule has 0 unspecified atom stereocenters. The van der Waals surface area contributed by atoms with E-state index in [1.54, 1.807) is 19.1 Å². The van der Waals surface area contributed by atoms with Crippen molar-refractivity contribution in [2.24, 2.45) is 0 Å². The van der Waals surface area contributed by atoms with Gasteiger partial charge in [-0.1, -0.05) is 17.7 Å². The maximum Gasteiger partial charge on any atom is 0.227 e. The summed E-state index contributed by atoms with van der Waals surface area (Å²) in [5, 5.41) is 3.08. The fraction of sp³-hybridized carbons (Fsp3) is 0.500. The van der Waals surface area contributed by atoms with Gasteiger partial charge in [0, 0.05) is 51.7 Å². The van der Waals surface area contributed by atoms with Crippen LogP contribution in [0.3, 0.4) is 0 Å². The Morgan fingerprint density at radius 3 is 2.75 bits per heavy atom. The van der Waals surface area contributed by atoms with Crippen LogP contribution in [0.5, 0.6) is 5.75 Å². The van der Waals surface area contributed by atoms with Crippen LogP contribution in [-0.4, -0.2) is 65.9 Å². The Bertz CT molecular complexity index is 978. The molecular formula is C24H33N5O3. The SMILES string of the molecule is CNc1cc([C@@H]2CCCN(C(=O)Cc3cc(C)ccc3OC)C2)nc(CN(C)C(C)=O)n1. The summed E-state index contributed by atoms with van der Waals surface area (Å²) in [6, 6.07) is 7.86. The van der Waals surface area contributed by atoms with E-state index in [9.17, 15) is 9.59 Å². The fourth-order valence-electron chi connectivity index (χ4n) is 4.01. The molecule has 1 fully saturated rings. The van der Waals surface area contributed by atoms with E-state index in [-0.39, 0.29) is 17.7 Å². The van der Waals surface area contributed by atoms with Gasteiger partial charge in [0.2, 0.25) is 11.8 Å². The van der Waals surface area contributed by atoms with Crippen LogP contribution in [0.2, 0.25) is 0 Å². The minimum Gasteiger partial charge on any atom is -0.496 e. The summed E-state index contributed by atoms with van der Waals surface area (Å²) in [6.45, 7) is 5.25. The second-order valence-corrected chi connectivity index (χ2v) is 8.39. The van der Waals surface area contributed by atoms with Crippen LogP contribution >= 0.6 is 0 Å². The molecule has 1 saturated heterocycles. The Labute approximate surface area is 190 Å². The van der Waals surface area contributed by atoms with E-state index in [4.69, 9.17) is 9.72 Å². The zero-order chi connectivity index (χ0) is 23.3. The third-order valence-corrected chi connectivity index (χ3v) is 5.93. The Balaban J connectivity index is 1.76. The molecule has 1 aliphatic rings. The number of hydrogen-bond donors (Lipinski definition) is 1. The van der Waals surface area contributed by atoms with Crippen LogP contribution in [0.15, 0.2) is 24.3 Å². The smallest absolute Gasteiger partial charge is 0.227 e. The number of amides is 2. The number of likely N-dealkylation sites (tertiary alicyclic amines) is 1. The van der Waals surface area contributed by atoms with E-state index < -0.39 is 0 Å². The standard InChI is InChI=1S/C24H33N5O3/c1-16-8-9-21(32-5)19(11-16)12-24(31)29-10-6-7-18(14-29)20-13-22(25-3)27-23(26-20)15-28(4)17(2)30/h8-9,11,13,18H,6-7,10,12,14-15H2,1-5H3,(H,25,26,27)/t18-/m1/s1. The number of hydrogen-bond acceptors (Lipinski definition) is 6. The second kappa shape index (κ2) is 10.4. The summed E-state index contributed by atoms with van der Waals surface area (Å²) in [6.07, 6.45) is 2.19. The molecule has 1 N–H and O–H groups in total.